The molecule has 0 amide bonds. The molecule has 0 aromatic heterocycles. The maximum Gasteiger partial charge on any atom is 0.459 e. The largest absolute Gasteiger partial charge is 0.459 e. The molecule has 20 heavy (non-hydrogen) atoms. The summed E-state index contributed by atoms with van der Waals surface area (Å²) in [6.07, 6.45) is 6.76. The monoisotopic (exact) mass is 289 g/mol. The van der Waals surface area contributed by atoms with Gasteiger partial charge in [0.2, 0.25) is 0 Å². The number of allylic oxidation sites excluding steroid dienone is 2. The van der Waals surface area contributed by atoms with E-state index < -0.39 is 18.7 Å². The highest BCUT2D eigenvalue weighted by Gasteiger charge is 2.51. The summed E-state index contributed by atoms with van der Waals surface area (Å²) in [7, 11) is -2.43. The Morgan fingerprint density at radius 1 is 1.20 bits per heavy atom. The molecule has 0 bridgehead atoms. The molecule has 0 heterocycles. The zero-order chi connectivity index (χ0) is 14.9. The lowest BCUT2D eigenvalue weighted by Gasteiger charge is -2.14. The summed E-state index contributed by atoms with van der Waals surface area (Å²) in [5, 5.41) is 8.80. The Morgan fingerprint density at radius 2 is 1.80 bits per heavy atom. The summed E-state index contributed by atoms with van der Waals surface area (Å²) in [4.78, 5) is 12.5. The molecule has 0 radical (unpaired) electrons. The van der Waals surface area contributed by atoms with E-state index in [1.807, 2.05) is 32.9 Å². The van der Waals surface area contributed by atoms with Crippen LogP contribution in [-0.4, -0.2) is 16.0 Å². The maximum atomic E-state index is 12.5. The molecule has 1 aliphatic carbocycles. The van der Waals surface area contributed by atoms with Crippen LogP contribution < -0.4 is 0 Å². The van der Waals surface area contributed by atoms with Crippen LogP contribution in [0.25, 0.3) is 0 Å². The molecular formula is C16H18O3P+. The lowest BCUT2D eigenvalue weighted by molar-refractivity contribution is 0.105. The molecule has 1 aliphatic rings. The molecule has 0 spiro atoms. The second-order valence-electron chi connectivity index (χ2n) is 5.24. The molecule has 2 unspecified atom stereocenters. The molecule has 3 nitrogen and oxygen atoms in total. The van der Waals surface area contributed by atoms with Gasteiger partial charge in [0, 0.05) is 6.42 Å². The molecule has 1 N–H and O–H groups in total. The average Bonchev–Trinajstić information content (AvgIpc) is 2.37. The van der Waals surface area contributed by atoms with Crippen LogP contribution in [0.4, 0.5) is 0 Å². The fraction of sp³-hybridized carbons (Fsp3) is 0.312. The van der Waals surface area contributed by atoms with Gasteiger partial charge in [0.25, 0.3) is 5.34 Å². The SMILES string of the molecule is Cc1cc(C)c(C(=O)[P+](=O)C2(O)C=CC=CC2)c(C)c1. The summed E-state index contributed by atoms with van der Waals surface area (Å²) in [6.45, 7) is 5.62. The van der Waals surface area contributed by atoms with Crippen molar-refractivity contribution in [3.05, 3.63) is 58.7 Å². The minimum atomic E-state index is -2.43. The average molecular weight is 289 g/mol. The summed E-state index contributed by atoms with van der Waals surface area (Å²) in [5.41, 5.74) is 2.65. The van der Waals surface area contributed by atoms with E-state index in [0.717, 1.165) is 16.7 Å². The van der Waals surface area contributed by atoms with Gasteiger partial charge in [-0.05, 0) is 38.0 Å². The van der Waals surface area contributed by atoms with Crippen molar-refractivity contribution in [2.75, 3.05) is 0 Å². The summed E-state index contributed by atoms with van der Waals surface area (Å²) < 4.78 is 12.5. The van der Waals surface area contributed by atoms with Gasteiger partial charge in [0.1, 0.15) is 0 Å². The molecule has 1 aromatic carbocycles. The van der Waals surface area contributed by atoms with Gasteiger partial charge >= 0.3 is 13.3 Å². The van der Waals surface area contributed by atoms with Gasteiger partial charge < -0.3 is 5.11 Å². The highest BCUT2D eigenvalue weighted by molar-refractivity contribution is 7.66. The molecular weight excluding hydrogens is 271 g/mol. The quantitative estimate of drug-likeness (QED) is 0.861. The molecule has 1 aromatic rings. The van der Waals surface area contributed by atoms with E-state index in [1.165, 1.54) is 6.08 Å². The Morgan fingerprint density at radius 3 is 2.30 bits per heavy atom. The number of aliphatic hydroxyl groups is 1. The number of benzene rings is 1. The van der Waals surface area contributed by atoms with Gasteiger partial charge in [-0.1, -0.05) is 40.5 Å². The second-order valence-corrected chi connectivity index (χ2v) is 7.01. The first kappa shape index (κ1) is 14.8. The smallest absolute Gasteiger partial charge is 0.345 e. The van der Waals surface area contributed by atoms with E-state index in [1.54, 1.807) is 18.2 Å². The molecule has 0 aliphatic heterocycles. The number of carbonyl (C=O) groups is 1. The van der Waals surface area contributed by atoms with Crippen molar-refractivity contribution in [3.8, 4) is 0 Å². The fourth-order valence-corrected chi connectivity index (χ4v) is 3.94. The highest BCUT2D eigenvalue weighted by atomic mass is 31.1. The third-order valence-electron chi connectivity index (χ3n) is 3.46. The zero-order valence-corrected chi connectivity index (χ0v) is 12.8. The first-order chi connectivity index (χ1) is 9.35. The number of carbonyl (C=O) groups excluding carboxylic acids is 1. The van der Waals surface area contributed by atoms with Gasteiger partial charge in [0.15, 0.2) is 0 Å². The van der Waals surface area contributed by atoms with Gasteiger partial charge in [-0.3, -0.25) is 0 Å². The lowest BCUT2D eigenvalue weighted by atomic mass is 10.0. The topological polar surface area (TPSA) is 54.4 Å². The number of hydrogen-bond acceptors (Lipinski definition) is 3. The van der Waals surface area contributed by atoms with Crippen LogP contribution in [0.3, 0.4) is 0 Å². The Bertz CT molecular complexity index is 620. The van der Waals surface area contributed by atoms with E-state index >= 15 is 0 Å². The highest BCUT2D eigenvalue weighted by Crippen LogP contribution is 2.45. The van der Waals surface area contributed by atoms with Crippen LogP contribution in [0, 0.1) is 20.8 Å². The molecule has 4 heteroatoms. The van der Waals surface area contributed by atoms with Crippen LogP contribution in [0.1, 0.15) is 33.5 Å². The van der Waals surface area contributed by atoms with Crippen LogP contribution in [0.15, 0.2) is 36.4 Å². The minimum absolute atomic E-state index is 0.203. The third-order valence-corrected chi connectivity index (χ3v) is 5.08. The summed E-state index contributed by atoms with van der Waals surface area (Å²) in [5.74, 6) is 0. The molecule has 0 saturated heterocycles. The Kier molecular flexibility index (Phi) is 4.03. The lowest BCUT2D eigenvalue weighted by Crippen LogP contribution is -2.24. The molecule has 0 fully saturated rings. The fourth-order valence-electron chi connectivity index (χ4n) is 2.54. The van der Waals surface area contributed by atoms with Crippen molar-refractivity contribution in [2.24, 2.45) is 0 Å². The van der Waals surface area contributed by atoms with E-state index in [-0.39, 0.29) is 6.42 Å². The standard InChI is InChI=1S/C16H18O3P/c1-11-9-12(2)14(13(3)10-11)15(17)20(19)16(18)7-5-4-6-8-16/h4-7,9-10,18H,8H2,1-3H3/q+1. The van der Waals surface area contributed by atoms with Gasteiger partial charge in [-0.2, -0.15) is 0 Å². The Balaban J connectivity index is 2.40. The zero-order valence-electron chi connectivity index (χ0n) is 11.9. The first-order valence-electron chi connectivity index (χ1n) is 6.51. The van der Waals surface area contributed by atoms with Gasteiger partial charge in [-0.25, -0.2) is 4.79 Å². The summed E-state index contributed by atoms with van der Waals surface area (Å²) in [6, 6.07) is 3.79. The van der Waals surface area contributed by atoms with E-state index in [0.29, 0.717) is 5.56 Å². The van der Waals surface area contributed by atoms with Crippen molar-refractivity contribution in [3.63, 3.8) is 0 Å². The Hall–Kier alpha value is -1.57. The number of hydrogen-bond donors (Lipinski definition) is 1. The molecule has 2 rings (SSSR count). The first-order valence-corrected chi connectivity index (χ1v) is 7.77. The minimum Gasteiger partial charge on any atom is -0.345 e. The van der Waals surface area contributed by atoms with E-state index in [4.69, 9.17) is 0 Å². The van der Waals surface area contributed by atoms with Crippen molar-refractivity contribution in [1.29, 1.82) is 0 Å². The number of aryl methyl sites for hydroxylation is 3. The molecule has 104 valence electrons. The van der Waals surface area contributed by atoms with Crippen molar-refractivity contribution in [2.45, 2.75) is 32.5 Å². The van der Waals surface area contributed by atoms with Crippen molar-refractivity contribution < 1.29 is 14.5 Å². The van der Waals surface area contributed by atoms with Crippen LogP contribution in [0.2, 0.25) is 0 Å². The second kappa shape index (κ2) is 5.43. The maximum absolute atomic E-state index is 12.5. The predicted molar refractivity (Wildman–Crippen MR) is 80.4 cm³/mol. The normalized spacial score (nSPS) is 21.9. The third kappa shape index (κ3) is 2.65. The van der Waals surface area contributed by atoms with Gasteiger partial charge in [0.05, 0.1) is 5.56 Å². The molecule has 2 atom stereocenters. The van der Waals surface area contributed by atoms with Crippen LogP contribution >= 0.6 is 7.80 Å². The predicted octanol–water partition coefficient (Wildman–Crippen LogP) is 3.78. The number of rotatable bonds is 3. The van der Waals surface area contributed by atoms with E-state index in [9.17, 15) is 14.5 Å². The van der Waals surface area contributed by atoms with E-state index in [2.05, 4.69) is 0 Å². The Labute approximate surface area is 119 Å². The van der Waals surface area contributed by atoms with Crippen LogP contribution in [0.5, 0.6) is 0 Å². The van der Waals surface area contributed by atoms with Gasteiger partial charge in [-0.15, -0.1) is 0 Å². The van der Waals surface area contributed by atoms with Crippen molar-refractivity contribution in [1.82, 2.24) is 0 Å². The summed E-state index contributed by atoms with van der Waals surface area (Å²) >= 11 is 0. The van der Waals surface area contributed by atoms with Crippen LogP contribution in [-0.2, 0) is 4.57 Å². The van der Waals surface area contributed by atoms with Crippen molar-refractivity contribution >= 4 is 13.3 Å². The molecule has 0 saturated carbocycles.